The second-order valence-corrected chi connectivity index (χ2v) is 5.61. The molecule has 0 aromatic heterocycles. The summed E-state index contributed by atoms with van der Waals surface area (Å²) < 4.78 is 18.9. The first-order valence-corrected chi connectivity index (χ1v) is 7.96. The van der Waals surface area contributed by atoms with E-state index in [1.54, 1.807) is 0 Å². The lowest BCUT2D eigenvalue weighted by atomic mass is 10.1. The predicted octanol–water partition coefficient (Wildman–Crippen LogP) is 2.77. The number of nitrogens with zero attached hydrogens (tertiary/aromatic N) is 1. The molecule has 0 aliphatic rings. The Balaban J connectivity index is 2.12. The number of anilines is 2. The van der Waals surface area contributed by atoms with Crippen LogP contribution in [-0.2, 0) is 9.53 Å². The van der Waals surface area contributed by atoms with Gasteiger partial charge in [-0.05, 0) is 24.3 Å². The Morgan fingerprint density at radius 1 is 1.14 bits per heavy atom. The van der Waals surface area contributed by atoms with Gasteiger partial charge in [-0.15, -0.1) is 0 Å². The number of carbonyl (C=O) groups is 3. The molecular weight excluding hydrogens is 373 g/mol. The Kier molecular flexibility index (Phi) is 6.38. The minimum atomic E-state index is -0.975. The third-order valence-electron chi connectivity index (χ3n) is 3.63. The topological polar surface area (TPSA) is 128 Å². The van der Waals surface area contributed by atoms with Gasteiger partial charge < -0.3 is 15.4 Å². The van der Waals surface area contributed by atoms with Crippen LogP contribution in [0.3, 0.4) is 0 Å². The van der Waals surface area contributed by atoms with Crippen molar-refractivity contribution >= 4 is 34.7 Å². The lowest BCUT2D eigenvalue weighted by molar-refractivity contribution is -0.384. The number of esters is 1. The summed E-state index contributed by atoms with van der Waals surface area (Å²) in [5.41, 5.74) is -0.333. The van der Waals surface area contributed by atoms with Gasteiger partial charge in [0.15, 0.2) is 6.61 Å². The quantitative estimate of drug-likeness (QED) is 0.322. The number of nitrogens with one attached hydrogen (secondary N) is 2. The van der Waals surface area contributed by atoms with Crippen LogP contribution in [0.2, 0.25) is 0 Å². The van der Waals surface area contributed by atoms with Crippen molar-refractivity contribution in [3.8, 4) is 0 Å². The Hall–Kier alpha value is -3.82. The lowest BCUT2D eigenvalue weighted by Crippen LogP contribution is -2.17. The molecule has 0 aliphatic heterocycles. The summed E-state index contributed by atoms with van der Waals surface area (Å²) in [6.07, 6.45) is 0. The predicted molar refractivity (Wildman–Crippen MR) is 98.0 cm³/mol. The number of carbonyl (C=O) groups excluding carboxylic acids is 3. The van der Waals surface area contributed by atoms with Crippen molar-refractivity contribution in [2.75, 3.05) is 24.3 Å². The molecule has 2 rings (SSSR count). The molecule has 28 heavy (non-hydrogen) atoms. The molecule has 0 saturated heterocycles. The monoisotopic (exact) mass is 389 g/mol. The average Bonchev–Trinajstić information content (AvgIpc) is 2.64. The van der Waals surface area contributed by atoms with Crippen LogP contribution in [0.25, 0.3) is 0 Å². The number of benzene rings is 2. The van der Waals surface area contributed by atoms with E-state index in [4.69, 9.17) is 4.74 Å². The molecule has 0 bridgehead atoms. The number of nitro groups is 1. The third kappa shape index (κ3) is 4.87. The highest BCUT2D eigenvalue weighted by molar-refractivity contribution is 6.01. The zero-order chi connectivity index (χ0) is 20.8. The van der Waals surface area contributed by atoms with Crippen LogP contribution in [-0.4, -0.2) is 36.2 Å². The average molecular weight is 389 g/mol. The van der Waals surface area contributed by atoms with Crippen LogP contribution in [0.1, 0.15) is 27.6 Å². The fourth-order valence-electron chi connectivity index (χ4n) is 2.34. The van der Waals surface area contributed by atoms with Crippen LogP contribution in [0.5, 0.6) is 0 Å². The Bertz CT molecular complexity index is 960. The molecule has 0 spiro atoms. The van der Waals surface area contributed by atoms with E-state index >= 15 is 0 Å². The molecule has 10 heteroatoms. The summed E-state index contributed by atoms with van der Waals surface area (Å²) in [5, 5.41) is 15.9. The third-order valence-corrected chi connectivity index (χ3v) is 3.63. The molecule has 2 aromatic carbocycles. The van der Waals surface area contributed by atoms with Gasteiger partial charge in [0.1, 0.15) is 5.82 Å². The van der Waals surface area contributed by atoms with Crippen molar-refractivity contribution in [2.24, 2.45) is 0 Å². The molecular formula is C18H16FN3O6. The minimum Gasteiger partial charge on any atom is -0.454 e. The number of rotatable bonds is 7. The van der Waals surface area contributed by atoms with Gasteiger partial charge in [0, 0.05) is 37.5 Å². The van der Waals surface area contributed by atoms with Crippen molar-refractivity contribution in [1.82, 2.24) is 0 Å². The Morgan fingerprint density at radius 2 is 1.86 bits per heavy atom. The number of ketones is 1. The van der Waals surface area contributed by atoms with E-state index in [9.17, 15) is 28.9 Å². The SMILES string of the molecule is CNc1ccc([N+](=O)[O-])cc1C(=O)OCC(=O)c1ccc(NC(C)=O)cc1F. The number of Topliss-reactive ketones (excluding diaryl/α,β-unsaturated/α-hetero) is 1. The number of hydrogen-bond donors (Lipinski definition) is 2. The fourth-order valence-corrected chi connectivity index (χ4v) is 2.34. The number of non-ortho nitro benzene ring substituents is 1. The number of nitro benzene ring substituents is 1. The molecule has 0 saturated carbocycles. The summed E-state index contributed by atoms with van der Waals surface area (Å²) in [4.78, 5) is 45.5. The van der Waals surface area contributed by atoms with Gasteiger partial charge in [-0.25, -0.2) is 9.18 Å². The maximum Gasteiger partial charge on any atom is 0.340 e. The highest BCUT2D eigenvalue weighted by Crippen LogP contribution is 2.23. The van der Waals surface area contributed by atoms with E-state index in [1.807, 2.05) is 0 Å². The van der Waals surface area contributed by atoms with Gasteiger partial charge in [-0.2, -0.15) is 0 Å². The number of hydrogen-bond acceptors (Lipinski definition) is 7. The van der Waals surface area contributed by atoms with E-state index in [0.29, 0.717) is 0 Å². The highest BCUT2D eigenvalue weighted by Gasteiger charge is 2.20. The standard InChI is InChI=1S/C18H16FN3O6/c1-10(23)21-11-3-5-13(15(19)7-11)17(24)9-28-18(25)14-8-12(22(26)27)4-6-16(14)20-2/h3-8,20H,9H2,1-2H3,(H,21,23). The molecule has 0 heterocycles. The summed E-state index contributed by atoms with van der Waals surface area (Å²) in [6, 6.07) is 7.01. The van der Waals surface area contributed by atoms with Crippen LogP contribution in [0, 0.1) is 15.9 Å². The van der Waals surface area contributed by atoms with Crippen molar-refractivity contribution < 1.29 is 28.4 Å². The van der Waals surface area contributed by atoms with Gasteiger partial charge in [-0.1, -0.05) is 0 Å². The van der Waals surface area contributed by atoms with Gasteiger partial charge in [0.25, 0.3) is 5.69 Å². The smallest absolute Gasteiger partial charge is 0.340 e. The zero-order valence-corrected chi connectivity index (χ0v) is 14.9. The number of amides is 1. The van der Waals surface area contributed by atoms with Crippen LogP contribution in [0.15, 0.2) is 36.4 Å². The molecule has 2 aromatic rings. The van der Waals surface area contributed by atoms with Crippen molar-refractivity contribution in [1.29, 1.82) is 0 Å². The number of ether oxygens (including phenoxy) is 1. The van der Waals surface area contributed by atoms with Gasteiger partial charge in [0.2, 0.25) is 11.7 Å². The van der Waals surface area contributed by atoms with Crippen molar-refractivity contribution in [2.45, 2.75) is 6.92 Å². The maximum atomic E-state index is 14.1. The number of halogens is 1. The summed E-state index contributed by atoms with van der Waals surface area (Å²) >= 11 is 0. The van der Waals surface area contributed by atoms with Crippen LogP contribution >= 0.6 is 0 Å². The summed E-state index contributed by atoms with van der Waals surface area (Å²) in [7, 11) is 1.51. The highest BCUT2D eigenvalue weighted by atomic mass is 19.1. The van der Waals surface area contributed by atoms with E-state index in [1.165, 1.54) is 32.2 Å². The lowest BCUT2D eigenvalue weighted by Gasteiger charge is -2.10. The summed E-state index contributed by atoms with van der Waals surface area (Å²) in [6.45, 7) is 0.491. The van der Waals surface area contributed by atoms with Gasteiger partial charge >= 0.3 is 5.97 Å². The molecule has 0 aliphatic carbocycles. The first-order chi connectivity index (χ1) is 13.2. The second-order valence-electron chi connectivity index (χ2n) is 5.61. The Morgan fingerprint density at radius 3 is 2.43 bits per heavy atom. The minimum absolute atomic E-state index is 0.133. The molecule has 0 radical (unpaired) electrons. The molecule has 146 valence electrons. The summed E-state index contributed by atoms with van der Waals surface area (Å²) in [5.74, 6) is -3.07. The molecule has 1 amide bonds. The first-order valence-electron chi connectivity index (χ1n) is 7.96. The van der Waals surface area contributed by atoms with E-state index in [2.05, 4.69) is 10.6 Å². The van der Waals surface area contributed by atoms with E-state index < -0.39 is 35.0 Å². The van der Waals surface area contributed by atoms with E-state index in [-0.39, 0.29) is 28.2 Å². The Labute approximate surface area is 158 Å². The maximum absolute atomic E-state index is 14.1. The van der Waals surface area contributed by atoms with Gasteiger partial charge in [-0.3, -0.25) is 19.7 Å². The van der Waals surface area contributed by atoms with Gasteiger partial charge in [0.05, 0.1) is 16.1 Å². The zero-order valence-electron chi connectivity index (χ0n) is 14.9. The largest absolute Gasteiger partial charge is 0.454 e. The molecule has 0 unspecified atom stereocenters. The van der Waals surface area contributed by atoms with Crippen LogP contribution in [0.4, 0.5) is 21.5 Å². The van der Waals surface area contributed by atoms with Crippen LogP contribution < -0.4 is 10.6 Å². The van der Waals surface area contributed by atoms with Crippen molar-refractivity contribution in [3.05, 3.63) is 63.5 Å². The van der Waals surface area contributed by atoms with Crippen molar-refractivity contribution in [3.63, 3.8) is 0 Å². The second kappa shape index (κ2) is 8.71. The fraction of sp³-hybridized carbons (Fsp3) is 0.167. The molecule has 0 fully saturated rings. The van der Waals surface area contributed by atoms with E-state index in [0.717, 1.165) is 18.2 Å². The molecule has 9 nitrogen and oxygen atoms in total. The molecule has 2 N–H and O–H groups in total. The molecule has 0 atom stereocenters. The first kappa shape index (κ1) is 20.5. The normalized spacial score (nSPS) is 10.1.